The Morgan fingerprint density at radius 1 is 1.45 bits per heavy atom. The molecule has 2 heterocycles. The molecule has 0 saturated carbocycles. The van der Waals surface area contributed by atoms with Gasteiger partial charge in [-0.2, -0.15) is 0 Å². The Morgan fingerprint density at radius 3 is 2.65 bits per heavy atom. The summed E-state index contributed by atoms with van der Waals surface area (Å²) < 4.78 is 0. The van der Waals surface area contributed by atoms with Gasteiger partial charge in [-0.05, 0) is 27.2 Å². The average molecular weight is 295 g/mol. The summed E-state index contributed by atoms with van der Waals surface area (Å²) in [6, 6.07) is -0.522. The smallest absolute Gasteiger partial charge is 0.247 e. The van der Waals surface area contributed by atoms with Crippen molar-refractivity contribution in [2.75, 3.05) is 0 Å². The Bertz CT molecular complexity index is 512. The van der Waals surface area contributed by atoms with Crippen LogP contribution in [0.2, 0.25) is 0 Å². The monoisotopic (exact) mass is 295 g/mol. The van der Waals surface area contributed by atoms with Crippen LogP contribution in [0, 0.1) is 0 Å². The Hall–Kier alpha value is -1.27. The Kier molecular flexibility index (Phi) is 4.55. The van der Waals surface area contributed by atoms with E-state index < -0.39 is 6.04 Å². The molecule has 0 spiro atoms. The van der Waals surface area contributed by atoms with E-state index in [1.165, 1.54) is 9.78 Å². The van der Waals surface area contributed by atoms with E-state index in [2.05, 4.69) is 17.2 Å². The second-order valence-electron chi connectivity index (χ2n) is 5.36. The molecule has 1 aromatic heterocycles. The van der Waals surface area contributed by atoms with Crippen LogP contribution in [0.25, 0.3) is 0 Å². The van der Waals surface area contributed by atoms with Crippen molar-refractivity contribution in [3.63, 3.8) is 0 Å². The number of aromatic nitrogens is 1. The maximum atomic E-state index is 12.2. The van der Waals surface area contributed by atoms with E-state index in [-0.39, 0.29) is 30.3 Å². The molecule has 0 aliphatic carbocycles. The van der Waals surface area contributed by atoms with Gasteiger partial charge in [-0.15, -0.1) is 11.3 Å². The number of imide groups is 1. The number of carbonyl (C=O) groups excluding carboxylic acids is 2. The van der Waals surface area contributed by atoms with E-state index in [1.54, 1.807) is 11.3 Å². The minimum absolute atomic E-state index is 0.0193. The first-order chi connectivity index (χ1) is 9.43. The predicted octanol–water partition coefficient (Wildman–Crippen LogP) is 1.89. The minimum atomic E-state index is -0.422. The predicted molar refractivity (Wildman–Crippen MR) is 78.4 cm³/mol. The van der Waals surface area contributed by atoms with Crippen LogP contribution < -0.4 is 5.32 Å². The largest absolute Gasteiger partial charge is 0.297 e. The van der Waals surface area contributed by atoms with Crippen molar-refractivity contribution >= 4 is 23.2 Å². The quantitative estimate of drug-likeness (QED) is 0.843. The van der Waals surface area contributed by atoms with Gasteiger partial charge in [-0.3, -0.25) is 19.8 Å². The summed E-state index contributed by atoms with van der Waals surface area (Å²) in [5.74, 6) is -0.216. The van der Waals surface area contributed by atoms with Gasteiger partial charge in [0.1, 0.15) is 5.01 Å². The number of hydrogen-bond acceptors (Lipinski definition) is 5. The van der Waals surface area contributed by atoms with Crippen LogP contribution in [0.5, 0.6) is 0 Å². The van der Waals surface area contributed by atoms with Crippen molar-refractivity contribution in [2.24, 2.45) is 0 Å². The molecule has 1 saturated heterocycles. The number of hydrogen-bond donors (Lipinski definition) is 1. The molecule has 6 heteroatoms. The van der Waals surface area contributed by atoms with Crippen LogP contribution in [0.15, 0.2) is 6.20 Å². The normalized spacial score (nSPS) is 21.1. The molecule has 2 unspecified atom stereocenters. The summed E-state index contributed by atoms with van der Waals surface area (Å²) in [7, 11) is 0. The van der Waals surface area contributed by atoms with Crippen LogP contribution in [-0.2, 0) is 16.0 Å². The van der Waals surface area contributed by atoms with Gasteiger partial charge >= 0.3 is 0 Å². The van der Waals surface area contributed by atoms with E-state index in [0.717, 1.165) is 11.4 Å². The van der Waals surface area contributed by atoms with Crippen LogP contribution in [0.3, 0.4) is 0 Å². The van der Waals surface area contributed by atoms with Crippen LogP contribution in [-0.4, -0.2) is 33.8 Å². The average Bonchev–Trinajstić information content (AvgIpc) is 2.95. The summed E-state index contributed by atoms with van der Waals surface area (Å²) in [6.07, 6.45) is 3.08. The van der Waals surface area contributed by atoms with Crippen molar-refractivity contribution in [2.45, 2.75) is 58.7 Å². The van der Waals surface area contributed by atoms with Crippen molar-refractivity contribution < 1.29 is 9.59 Å². The van der Waals surface area contributed by atoms with Crippen molar-refractivity contribution in [1.82, 2.24) is 15.2 Å². The lowest BCUT2D eigenvalue weighted by Crippen LogP contribution is -2.42. The molecule has 0 aromatic carbocycles. The molecule has 2 atom stereocenters. The summed E-state index contributed by atoms with van der Waals surface area (Å²) in [6.45, 7) is 7.79. The van der Waals surface area contributed by atoms with Gasteiger partial charge < -0.3 is 0 Å². The molecule has 110 valence electrons. The van der Waals surface area contributed by atoms with E-state index in [1.807, 2.05) is 27.0 Å². The number of rotatable bonds is 5. The maximum absolute atomic E-state index is 12.2. The lowest BCUT2D eigenvalue weighted by molar-refractivity contribution is -0.140. The number of nitrogens with zero attached hydrogens (tertiary/aromatic N) is 2. The molecule has 0 radical (unpaired) electrons. The van der Waals surface area contributed by atoms with Gasteiger partial charge in [0.05, 0.1) is 18.5 Å². The Morgan fingerprint density at radius 2 is 2.15 bits per heavy atom. The lowest BCUT2D eigenvalue weighted by atomic mass is 10.2. The van der Waals surface area contributed by atoms with Crippen molar-refractivity contribution in [3.05, 3.63) is 16.1 Å². The van der Waals surface area contributed by atoms with E-state index in [4.69, 9.17) is 0 Å². The Labute approximate surface area is 123 Å². The van der Waals surface area contributed by atoms with Gasteiger partial charge in [0.15, 0.2) is 0 Å². The highest BCUT2D eigenvalue weighted by atomic mass is 32.1. The number of nitrogens with one attached hydrogen (secondary N) is 1. The molecule has 1 aliphatic rings. The van der Waals surface area contributed by atoms with Gasteiger partial charge in [0, 0.05) is 17.1 Å². The minimum Gasteiger partial charge on any atom is -0.297 e. The zero-order chi connectivity index (χ0) is 14.9. The van der Waals surface area contributed by atoms with E-state index in [9.17, 15) is 9.59 Å². The van der Waals surface area contributed by atoms with Gasteiger partial charge in [0.25, 0.3) is 0 Å². The fourth-order valence-electron chi connectivity index (χ4n) is 2.38. The number of likely N-dealkylation sites (tertiary alicyclic amines) is 1. The molecule has 1 fully saturated rings. The summed E-state index contributed by atoms with van der Waals surface area (Å²) in [4.78, 5) is 31.0. The van der Waals surface area contributed by atoms with E-state index >= 15 is 0 Å². The fraction of sp³-hybridized carbons (Fsp3) is 0.643. The van der Waals surface area contributed by atoms with Gasteiger partial charge in [-0.1, -0.05) is 6.92 Å². The molecule has 1 aliphatic heterocycles. The third kappa shape index (κ3) is 2.91. The van der Waals surface area contributed by atoms with Crippen molar-refractivity contribution in [1.29, 1.82) is 0 Å². The highest BCUT2D eigenvalue weighted by Gasteiger charge is 2.40. The topological polar surface area (TPSA) is 62.3 Å². The number of thiazole rings is 1. The molecule has 2 rings (SSSR count). The van der Waals surface area contributed by atoms with Gasteiger partial charge in [0.2, 0.25) is 11.8 Å². The maximum Gasteiger partial charge on any atom is 0.247 e. The van der Waals surface area contributed by atoms with Crippen molar-refractivity contribution in [3.8, 4) is 0 Å². The van der Waals surface area contributed by atoms with Crippen LogP contribution >= 0.6 is 11.3 Å². The Balaban J connectivity index is 2.03. The van der Waals surface area contributed by atoms with Crippen LogP contribution in [0.1, 0.15) is 50.0 Å². The van der Waals surface area contributed by atoms with E-state index in [0.29, 0.717) is 0 Å². The second kappa shape index (κ2) is 6.01. The molecular weight excluding hydrogens is 274 g/mol. The first-order valence-electron chi connectivity index (χ1n) is 7.00. The molecule has 5 nitrogen and oxygen atoms in total. The standard InChI is InChI=1S/C14H21N3O2S/c1-5-10-7-15-13(20-10)9(4)16-11-6-12(18)17(8(2)3)14(11)19/h7-9,11,16H,5-6H2,1-4H3. The van der Waals surface area contributed by atoms with Gasteiger partial charge in [-0.25, -0.2) is 4.98 Å². The zero-order valence-corrected chi connectivity index (χ0v) is 13.2. The molecule has 0 bridgehead atoms. The first kappa shape index (κ1) is 15.1. The summed E-state index contributed by atoms with van der Waals surface area (Å²) in [5.41, 5.74) is 0. The van der Waals surface area contributed by atoms with Crippen LogP contribution in [0.4, 0.5) is 0 Å². The zero-order valence-electron chi connectivity index (χ0n) is 12.3. The number of amides is 2. The third-order valence-corrected chi connectivity index (χ3v) is 4.77. The fourth-order valence-corrected chi connectivity index (χ4v) is 3.25. The first-order valence-corrected chi connectivity index (χ1v) is 7.82. The molecule has 2 amide bonds. The highest BCUT2D eigenvalue weighted by Crippen LogP contribution is 2.23. The number of aryl methyl sites for hydroxylation is 1. The summed E-state index contributed by atoms with van der Waals surface area (Å²) >= 11 is 1.65. The number of carbonyl (C=O) groups is 2. The molecular formula is C14H21N3O2S. The SMILES string of the molecule is CCc1cnc(C(C)NC2CC(=O)N(C(C)C)C2=O)s1. The molecule has 1 aromatic rings. The molecule has 1 N–H and O–H groups in total. The molecule has 20 heavy (non-hydrogen) atoms. The third-order valence-electron chi connectivity index (χ3n) is 3.44. The lowest BCUT2D eigenvalue weighted by Gasteiger charge is -2.20. The second-order valence-corrected chi connectivity index (χ2v) is 6.51. The highest BCUT2D eigenvalue weighted by molar-refractivity contribution is 7.11. The summed E-state index contributed by atoms with van der Waals surface area (Å²) in [5, 5.41) is 4.20.